The fourth-order valence-electron chi connectivity index (χ4n) is 3.98. The normalized spacial score (nSPS) is 28.7. The van der Waals surface area contributed by atoms with E-state index in [1.54, 1.807) is 0 Å². The van der Waals surface area contributed by atoms with Crippen LogP contribution in [0.25, 0.3) is 0 Å². The average molecular weight is 298 g/mol. The lowest BCUT2D eigenvalue weighted by molar-refractivity contribution is 0.0644. The monoisotopic (exact) mass is 298 g/mol. The molecule has 0 radical (unpaired) electrons. The predicted molar refractivity (Wildman–Crippen MR) is 88.2 cm³/mol. The van der Waals surface area contributed by atoms with E-state index in [0.717, 1.165) is 26.1 Å². The highest BCUT2D eigenvalue weighted by molar-refractivity contribution is 4.97. The molecule has 3 heteroatoms. The zero-order valence-corrected chi connectivity index (χ0v) is 14.6. The van der Waals surface area contributed by atoms with E-state index in [4.69, 9.17) is 0 Å². The molecule has 0 aromatic carbocycles. The minimum Gasteiger partial charge on any atom is -0.288 e. The van der Waals surface area contributed by atoms with E-state index >= 15 is 0 Å². The summed E-state index contributed by atoms with van der Waals surface area (Å²) in [6.07, 6.45) is 7.53. The molecular formula is C18H35FN2. The van der Waals surface area contributed by atoms with Gasteiger partial charge in [0, 0.05) is 25.7 Å². The Hall–Kier alpha value is -0.150. The topological polar surface area (TPSA) is 6.48 Å². The summed E-state index contributed by atoms with van der Waals surface area (Å²) in [5, 5.41) is 0. The van der Waals surface area contributed by atoms with Gasteiger partial charge in [-0.15, -0.1) is 0 Å². The minimum absolute atomic E-state index is 0.552. The van der Waals surface area contributed by atoms with E-state index in [1.807, 2.05) is 6.92 Å². The Morgan fingerprint density at radius 1 is 1.19 bits per heavy atom. The third kappa shape index (κ3) is 4.19. The van der Waals surface area contributed by atoms with E-state index in [0.29, 0.717) is 30.8 Å². The van der Waals surface area contributed by atoms with Crippen molar-refractivity contribution in [3.8, 4) is 0 Å². The third-order valence-corrected chi connectivity index (χ3v) is 5.92. The van der Waals surface area contributed by atoms with E-state index in [9.17, 15) is 4.39 Å². The van der Waals surface area contributed by atoms with Gasteiger partial charge < -0.3 is 0 Å². The summed E-state index contributed by atoms with van der Waals surface area (Å²) in [5.74, 6) is 0. The highest BCUT2D eigenvalue weighted by Gasteiger charge is 2.44. The van der Waals surface area contributed by atoms with Gasteiger partial charge in [0.15, 0.2) is 0 Å². The van der Waals surface area contributed by atoms with Crippen LogP contribution in [0.4, 0.5) is 4.39 Å². The molecule has 2 atom stereocenters. The molecule has 0 aromatic heterocycles. The fourth-order valence-corrected chi connectivity index (χ4v) is 3.98. The van der Waals surface area contributed by atoms with Crippen molar-refractivity contribution in [1.29, 1.82) is 0 Å². The zero-order valence-electron chi connectivity index (χ0n) is 14.6. The maximum absolute atomic E-state index is 15.0. The fraction of sp³-hybridized carbons (Fsp3) is 1.00. The van der Waals surface area contributed by atoms with Crippen LogP contribution in [0.2, 0.25) is 0 Å². The lowest BCUT2D eigenvalue weighted by Crippen LogP contribution is -2.42. The maximum Gasteiger partial charge on any atom is 0.123 e. The molecule has 1 saturated heterocycles. The lowest BCUT2D eigenvalue weighted by atomic mass is 9.96. The first kappa shape index (κ1) is 17.2. The van der Waals surface area contributed by atoms with E-state index in [-0.39, 0.29) is 0 Å². The van der Waals surface area contributed by atoms with Crippen LogP contribution in [0.3, 0.4) is 0 Å². The van der Waals surface area contributed by atoms with Gasteiger partial charge in [-0.05, 0) is 43.9 Å². The van der Waals surface area contributed by atoms with Gasteiger partial charge in [0.1, 0.15) is 5.67 Å². The molecule has 0 N–H and O–H groups in total. The van der Waals surface area contributed by atoms with Crippen molar-refractivity contribution in [2.24, 2.45) is 5.41 Å². The van der Waals surface area contributed by atoms with Crippen molar-refractivity contribution >= 4 is 0 Å². The third-order valence-electron chi connectivity index (χ3n) is 5.92. The first-order valence-corrected chi connectivity index (χ1v) is 9.15. The molecule has 1 heterocycles. The van der Waals surface area contributed by atoms with Crippen molar-refractivity contribution in [3.05, 3.63) is 0 Å². The summed E-state index contributed by atoms with van der Waals surface area (Å²) in [7, 11) is 0. The Balaban J connectivity index is 1.92. The Labute approximate surface area is 131 Å². The first-order valence-electron chi connectivity index (χ1n) is 9.15. The molecule has 1 aliphatic carbocycles. The number of halogens is 1. The smallest absolute Gasteiger partial charge is 0.123 e. The summed E-state index contributed by atoms with van der Waals surface area (Å²) in [5.41, 5.74) is -0.379. The number of nitrogens with zero attached hydrogens (tertiary/aromatic N) is 2. The van der Waals surface area contributed by atoms with E-state index in [1.165, 1.54) is 25.8 Å². The van der Waals surface area contributed by atoms with Gasteiger partial charge in [0.05, 0.1) is 6.67 Å². The van der Waals surface area contributed by atoms with E-state index < -0.39 is 5.67 Å². The second-order valence-corrected chi connectivity index (χ2v) is 7.57. The molecule has 2 nitrogen and oxygen atoms in total. The van der Waals surface area contributed by atoms with Crippen molar-refractivity contribution in [2.45, 2.75) is 84.4 Å². The Morgan fingerprint density at radius 3 is 2.38 bits per heavy atom. The molecule has 0 amide bonds. The molecule has 0 aromatic rings. The highest BCUT2D eigenvalue weighted by atomic mass is 19.1. The van der Waals surface area contributed by atoms with Crippen LogP contribution in [0.5, 0.6) is 0 Å². The maximum atomic E-state index is 15.0. The number of hydrogen-bond acceptors (Lipinski definition) is 2. The quantitative estimate of drug-likeness (QED) is 0.620. The van der Waals surface area contributed by atoms with Gasteiger partial charge in [-0.2, -0.15) is 0 Å². The van der Waals surface area contributed by atoms with Crippen LogP contribution in [-0.4, -0.2) is 47.8 Å². The van der Waals surface area contributed by atoms with Crippen LogP contribution in [0.1, 0.15) is 72.6 Å². The minimum atomic E-state index is -0.986. The van der Waals surface area contributed by atoms with Crippen molar-refractivity contribution in [2.75, 3.05) is 26.3 Å². The molecule has 0 bridgehead atoms. The Morgan fingerprint density at radius 2 is 1.90 bits per heavy atom. The molecule has 2 aliphatic rings. The summed E-state index contributed by atoms with van der Waals surface area (Å²) in [6, 6.07) is 0.552. The second kappa shape index (κ2) is 6.95. The van der Waals surface area contributed by atoms with Gasteiger partial charge in [0.2, 0.25) is 0 Å². The van der Waals surface area contributed by atoms with Gasteiger partial charge in [0.25, 0.3) is 0 Å². The standard InChI is InChI=1S/C18H35FN2/c1-5-9-18(19,8-4)14-21-15-20(12-16(21)6-2)13-17(7-3)10-11-17/h16H,5-15H2,1-4H3. The van der Waals surface area contributed by atoms with Crippen LogP contribution in [-0.2, 0) is 0 Å². The Kier molecular flexibility index (Phi) is 5.70. The van der Waals surface area contributed by atoms with E-state index in [2.05, 4.69) is 30.6 Å². The van der Waals surface area contributed by atoms with Crippen molar-refractivity contribution in [3.63, 3.8) is 0 Å². The second-order valence-electron chi connectivity index (χ2n) is 7.57. The predicted octanol–water partition coefficient (Wildman–Crippen LogP) is 4.45. The van der Waals surface area contributed by atoms with Crippen LogP contribution < -0.4 is 0 Å². The molecule has 21 heavy (non-hydrogen) atoms. The summed E-state index contributed by atoms with van der Waals surface area (Å²) >= 11 is 0. The molecule has 2 unspecified atom stereocenters. The van der Waals surface area contributed by atoms with Crippen LogP contribution in [0, 0.1) is 5.41 Å². The highest BCUT2D eigenvalue weighted by Crippen LogP contribution is 2.49. The lowest BCUT2D eigenvalue weighted by Gasteiger charge is -2.32. The van der Waals surface area contributed by atoms with Crippen LogP contribution >= 0.6 is 0 Å². The largest absolute Gasteiger partial charge is 0.288 e. The molecule has 124 valence electrons. The average Bonchev–Trinajstić information content (AvgIpc) is 3.14. The van der Waals surface area contributed by atoms with Crippen molar-refractivity contribution < 1.29 is 4.39 Å². The molecule has 2 fully saturated rings. The van der Waals surface area contributed by atoms with Crippen LogP contribution in [0.15, 0.2) is 0 Å². The molecule has 2 rings (SSSR count). The summed E-state index contributed by atoms with van der Waals surface area (Å²) in [6.45, 7) is 12.7. The SMILES string of the molecule is CCCC(F)(CC)CN1CN(CC2(CC)CC2)CC1CC. The number of alkyl halides is 1. The van der Waals surface area contributed by atoms with Gasteiger partial charge in [-0.1, -0.05) is 34.1 Å². The Bertz CT molecular complexity index is 329. The van der Waals surface area contributed by atoms with Crippen molar-refractivity contribution in [1.82, 2.24) is 9.80 Å². The first-order chi connectivity index (χ1) is 9.99. The molecular weight excluding hydrogens is 263 g/mol. The molecule has 1 aliphatic heterocycles. The zero-order chi connectivity index (χ0) is 15.5. The number of hydrogen-bond donors (Lipinski definition) is 0. The van der Waals surface area contributed by atoms with Gasteiger partial charge in [-0.3, -0.25) is 9.80 Å². The molecule has 0 spiro atoms. The summed E-state index contributed by atoms with van der Waals surface area (Å²) in [4.78, 5) is 5.01. The summed E-state index contributed by atoms with van der Waals surface area (Å²) < 4.78 is 15.0. The van der Waals surface area contributed by atoms with Gasteiger partial charge >= 0.3 is 0 Å². The number of rotatable bonds is 9. The molecule has 1 saturated carbocycles. The van der Waals surface area contributed by atoms with Gasteiger partial charge in [-0.25, -0.2) is 4.39 Å².